The number of hydrogen-bond acceptors (Lipinski definition) is 3. The first-order chi connectivity index (χ1) is 8.60. The largest absolute Gasteiger partial charge is 0.459 e. The van der Waals surface area contributed by atoms with Gasteiger partial charge in [-0.2, -0.15) is 0 Å². The van der Waals surface area contributed by atoms with E-state index in [-0.39, 0.29) is 6.61 Å². The molecule has 0 fully saturated rings. The summed E-state index contributed by atoms with van der Waals surface area (Å²) in [7, 11) is 0. The van der Waals surface area contributed by atoms with E-state index in [1.165, 1.54) is 0 Å². The lowest BCUT2D eigenvalue weighted by Gasteiger charge is -2.15. The molecule has 4 heteroatoms. The van der Waals surface area contributed by atoms with Crippen molar-refractivity contribution in [2.45, 2.75) is 33.1 Å². The maximum absolute atomic E-state index is 11.6. The Morgan fingerprint density at radius 3 is 2.56 bits per heavy atom. The number of carbonyl (C=O) groups excluding carboxylic acids is 2. The molecule has 0 saturated heterocycles. The number of anilines is 1. The molecule has 0 heterocycles. The first-order valence-electron chi connectivity index (χ1n) is 6.17. The van der Waals surface area contributed by atoms with Gasteiger partial charge in [0.2, 0.25) is 0 Å². The molecule has 1 N–H and O–H groups in total. The minimum atomic E-state index is -0.851. The lowest BCUT2D eigenvalue weighted by atomic mass is 9.97. The van der Waals surface area contributed by atoms with Crippen LogP contribution in [0.1, 0.15) is 38.7 Å². The van der Waals surface area contributed by atoms with Crippen molar-refractivity contribution >= 4 is 17.6 Å². The average molecular weight is 249 g/mol. The molecule has 1 aromatic rings. The van der Waals surface area contributed by atoms with Gasteiger partial charge < -0.3 is 10.1 Å². The number of nitrogens with one attached hydrogen (secondary N) is 1. The summed E-state index contributed by atoms with van der Waals surface area (Å²) < 4.78 is 4.65. The lowest BCUT2D eigenvalue weighted by Crippen LogP contribution is -2.25. The van der Waals surface area contributed by atoms with Crippen LogP contribution in [-0.2, 0) is 14.3 Å². The van der Waals surface area contributed by atoms with Crippen LogP contribution in [0.15, 0.2) is 24.3 Å². The maximum atomic E-state index is 11.6. The van der Waals surface area contributed by atoms with Gasteiger partial charge in [-0.25, -0.2) is 4.79 Å². The predicted molar refractivity (Wildman–Crippen MR) is 70.4 cm³/mol. The second-order valence-corrected chi connectivity index (χ2v) is 4.07. The lowest BCUT2D eigenvalue weighted by molar-refractivity contribution is -0.152. The van der Waals surface area contributed by atoms with Crippen molar-refractivity contribution in [2.24, 2.45) is 0 Å². The SMILES string of the molecule is CCOC(=O)C(=O)Nc1ccccc1C(C)CC. The molecule has 0 aliphatic heterocycles. The van der Waals surface area contributed by atoms with E-state index in [1.54, 1.807) is 13.0 Å². The highest BCUT2D eigenvalue weighted by atomic mass is 16.5. The van der Waals surface area contributed by atoms with Gasteiger partial charge in [0, 0.05) is 5.69 Å². The molecule has 18 heavy (non-hydrogen) atoms. The quantitative estimate of drug-likeness (QED) is 0.659. The van der Waals surface area contributed by atoms with E-state index in [1.807, 2.05) is 18.2 Å². The smallest absolute Gasteiger partial charge is 0.397 e. The van der Waals surface area contributed by atoms with Crippen LogP contribution in [0.5, 0.6) is 0 Å². The van der Waals surface area contributed by atoms with Gasteiger partial charge in [0.05, 0.1) is 6.61 Å². The summed E-state index contributed by atoms with van der Waals surface area (Å²) in [5.41, 5.74) is 1.70. The van der Waals surface area contributed by atoms with Gasteiger partial charge in [-0.15, -0.1) is 0 Å². The fourth-order valence-electron chi connectivity index (χ4n) is 1.63. The third-order valence-electron chi connectivity index (χ3n) is 2.81. The zero-order valence-electron chi connectivity index (χ0n) is 11.0. The molecule has 0 saturated carbocycles. The Morgan fingerprint density at radius 1 is 1.28 bits per heavy atom. The zero-order valence-corrected chi connectivity index (χ0v) is 11.0. The highest BCUT2D eigenvalue weighted by molar-refractivity contribution is 6.37. The van der Waals surface area contributed by atoms with Crippen molar-refractivity contribution in [3.8, 4) is 0 Å². The third kappa shape index (κ3) is 3.58. The minimum absolute atomic E-state index is 0.194. The Balaban J connectivity index is 2.84. The molecule has 1 unspecified atom stereocenters. The molecule has 98 valence electrons. The van der Waals surface area contributed by atoms with Crippen molar-refractivity contribution in [1.29, 1.82) is 0 Å². The van der Waals surface area contributed by atoms with Crippen molar-refractivity contribution in [1.82, 2.24) is 0 Å². The molecule has 0 bridgehead atoms. The van der Waals surface area contributed by atoms with Gasteiger partial charge in [0.15, 0.2) is 0 Å². The van der Waals surface area contributed by atoms with Gasteiger partial charge in [-0.3, -0.25) is 4.79 Å². The number of carbonyl (C=O) groups is 2. The van der Waals surface area contributed by atoms with E-state index < -0.39 is 11.9 Å². The molecular weight excluding hydrogens is 230 g/mol. The zero-order chi connectivity index (χ0) is 13.5. The maximum Gasteiger partial charge on any atom is 0.397 e. The second-order valence-electron chi connectivity index (χ2n) is 4.07. The first kappa shape index (κ1) is 14.2. The summed E-state index contributed by atoms with van der Waals surface area (Å²) in [4.78, 5) is 22.8. The van der Waals surface area contributed by atoms with Gasteiger partial charge in [-0.1, -0.05) is 32.0 Å². The van der Waals surface area contributed by atoms with Crippen LogP contribution >= 0.6 is 0 Å². The molecular formula is C14H19NO3. The van der Waals surface area contributed by atoms with Crippen LogP contribution in [0, 0.1) is 0 Å². The van der Waals surface area contributed by atoms with Crippen molar-refractivity contribution in [3.63, 3.8) is 0 Å². The van der Waals surface area contributed by atoms with Crippen LogP contribution in [0.25, 0.3) is 0 Å². The molecule has 0 aliphatic carbocycles. The van der Waals surface area contributed by atoms with Crippen LogP contribution in [0.4, 0.5) is 5.69 Å². The summed E-state index contributed by atoms with van der Waals surface area (Å²) in [6, 6.07) is 7.49. The molecule has 1 atom stereocenters. The van der Waals surface area contributed by atoms with Gasteiger partial charge >= 0.3 is 11.9 Å². The summed E-state index contributed by atoms with van der Waals surface area (Å²) in [6.45, 7) is 6.02. The summed E-state index contributed by atoms with van der Waals surface area (Å²) >= 11 is 0. The number of esters is 1. The van der Waals surface area contributed by atoms with E-state index in [4.69, 9.17) is 0 Å². The summed E-state index contributed by atoms with van der Waals surface area (Å²) in [5, 5.41) is 2.60. The molecule has 0 aromatic heterocycles. The number of hydrogen-bond donors (Lipinski definition) is 1. The molecule has 0 radical (unpaired) electrons. The van der Waals surface area contributed by atoms with Gasteiger partial charge in [0.25, 0.3) is 0 Å². The number of ether oxygens (including phenoxy) is 1. The Labute approximate surface area is 107 Å². The molecule has 1 amide bonds. The van der Waals surface area contributed by atoms with Gasteiger partial charge in [0.1, 0.15) is 0 Å². The third-order valence-corrected chi connectivity index (χ3v) is 2.81. The number of rotatable bonds is 4. The predicted octanol–water partition coefficient (Wildman–Crippen LogP) is 2.70. The second kappa shape index (κ2) is 6.79. The van der Waals surface area contributed by atoms with Crippen LogP contribution < -0.4 is 5.32 Å². The Bertz CT molecular complexity index is 429. The summed E-state index contributed by atoms with van der Waals surface area (Å²) in [6.07, 6.45) is 0.965. The molecule has 0 aliphatic rings. The minimum Gasteiger partial charge on any atom is -0.459 e. The highest BCUT2D eigenvalue weighted by Crippen LogP contribution is 2.26. The normalized spacial score (nSPS) is 11.7. The monoisotopic (exact) mass is 249 g/mol. The fraction of sp³-hybridized carbons (Fsp3) is 0.429. The van der Waals surface area contributed by atoms with Crippen molar-refractivity contribution < 1.29 is 14.3 Å². The molecule has 1 aromatic carbocycles. The summed E-state index contributed by atoms with van der Waals surface area (Å²) in [5.74, 6) is -1.26. The number of para-hydroxylation sites is 1. The van der Waals surface area contributed by atoms with E-state index in [0.29, 0.717) is 11.6 Å². The highest BCUT2D eigenvalue weighted by Gasteiger charge is 2.17. The van der Waals surface area contributed by atoms with Crippen molar-refractivity contribution in [2.75, 3.05) is 11.9 Å². The average Bonchev–Trinajstić information content (AvgIpc) is 2.38. The molecule has 0 spiro atoms. The van der Waals surface area contributed by atoms with E-state index in [0.717, 1.165) is 12.0 Å². The topological polar surface area (TPSA) is 55.4 Å². The number of benzene rings is 1. The Kier molecular flexibility index (Phi) is 5.36. The number of amides is 1. The van der Waals surface area contributed by atoms with E-state index in [9.17, 15) is 9.59 Å². The first-order valence-corrected chi connectivity index (χ1v) is 6.17. The van der Waals surface area contributed by atoms with Crippen LogP contribution in [0.2, 0.25) is 0 Å². The van der Waals surface area contributed by atoms with Gasteiger partial charge in [-0.05, 0) is 30.9 Å². The van der Waals surface area contributed by atoms with Crippen LogP contribution in [-0.4, -0.2) is 18.5 Å². The molecule has 1 rings (SSSR count). The van der Waals surface area contributed by atoms with Crippen molar-refractivity contribution in [3.05, 3.63) is 29.8 Å². The standard InChI is InChI=1S/C14H19NO3/c1-4-10(3)11-8-6-7-9-12(11)15-13(16)14(17)18-5-2/h6-10H,4-5H2,1-3H3,(H,15,16). The van der Waals surface area contributed by atoms with Crippen LogP contribution in [0.3, 0.4) is 0 Å². The van der Waals surface area contributed by atoms with E-state index in [2.05, 4.69) is 23.9 Å². The molecule has 4 nitrogen and oxygen atoms in total. The Morgan fingerprint density at radius 2 is 1.94 bits per heavy atom. The Hall–Kier alpha value is -1.84. The van der Waals surface area contributed by atoms with E-state index >= 15 is 0 Å². The fourth-order valence-corrected chi connectivity index (χ4v) is 1.63.